The number of hydrogen-bond acceptors (Lipinski definition) is 4. The third-order valence-corrected chi connectivity index (χ3v) is 2.70. The van der Waals surface area contributed by atoms with Gasteiger partial charge in [-0.1, -0.05) is 60.7 Å². The molecule has 0 atom stereocenters. The quantitative estimate of drug-likeness (QED) is 0.510. The molecule has 0 aliphatic rings. The maximum Gasteiger partial charge on any atom is 0.382 e. The fraction of sp³-hybridized carbons (Fsp3) is 0. The Morgan fingerprint density at radius 3 is 2.10 bits per heavy atom. The first-order chi connectivity index (χ1) is 10.2. The largest absolute Gasteiger partial charge is 0.504 e. The number of hydrogen-bond donors (Lipinski definition) is 2. The summed E-state index contributed by atoms with van der Waals surface area (Å²) in [5.74, 6) is -2.38. The predicted octanol–water partition coefficient (Wildman–Crippen LogP) is 3.69. The molecule has 0 saturated heterocycles. The van der Waals surface area contributed by atoms with Gasteiger partial charge < -0.3 is 14.9 Å². The van der Waals surface area contributed by atoms with Crippen LogP contribution in [0.5, 0.6) is 0 Å². The molecule has 0 unspecified atom stereocenters. The van der Waals surface area contributed by atoms with Crippen molar-refractivity contribution in [2.75, 3.05) is 0 Å². The molecule has 2 aromatic carbocycles. The minimum Gasteiger partial charge on any atom is -0.504 e. The van der Waals surface area contributed by atoms with E-state index in [4.69, 9.17) is 4.74 Å². The van der Waals surface area contributed by atoms with Crippen LogP contribution in [-0.4, -0.2) is 16.2 Å². The second-order valence-corrected chi connectivity index (χ2v) is 4.18. The van der Waals surface area contributed by atoms with E-state index in [9.17, 15) is 15.0 Å². The summed E-state index contributed by atoms with van der Waals surface area (Å²) in [6, 6.07) is 17.5. The lowest BCUT2D eigenvalue weighted by Crippen LogP contribution is -2.06. The van der Waals surface area contributed by atoms with Crippen LogP contribution < -0.4 is 0 Å². The molecule has 0 bridgehead atoms. The van der Waals surface area contributed by atoms with E-state index in [1.165, 1.54) is 0 Å². The highest BCUT2D eigenvalue weighted by atomic mass is 16.5. The van der Waals surface area contributed by atoms with Crippen molar-refractivity contribution in [3.63, 3.8) is 0 Å². The smallest absolute Gasteiger partial charge is 0.382 e. The third-order valence-electron chi connectivity index (χ3n) is 2.70. The van der Waals surface area contributed by atoms with Crippen molar-refractivity contribution in [3.8, 4) is 0 Å². The van der Waals surface area contributed by atoms with Crippen molar-refractivity contribution in [2.45, 2.75) is 0 Å². The molecule has 0 amide bonds. The summed E-state index contributed by atoms with van der Waals surface area (Å²) in [5, 5.41) is 19.4. The molecule has 0 aromatic heterocycles. The van der Waals surface area contributed by atoms with Gasteiger partial charge in [0.2, 0.25) is 5.76 Å². The van der Waals surface area contributed by atoms with Crippen LogP contribution in [0.3, 0.4) is 0 Å². The highest BCUT2D eigenvalue weighted by molar-refractivity contribution is 5.93. The minimum absolute atomic E-state index is 0.332. The number of aliphatic hydroxyl groups excluding tert-OH is 2. The lowest BCUT2D eigenvalue weighted by atomic mass is 10.1. The molecule has 0 radical (unpaired) electrons. The maximum atomic E-state index is 11.6. The Kier molecular flexibility index (Phi) is 4.77. The first-order valence-electron chi connectivity index (χ1n) is 6.28. The van der Waals surface area contributed by atoms with Gasteiger partial charge in [-0.3, -0.25) is 0 Å². The summed E-state index contributed by atoms with van der Waals surface area (Å²) in [4.78, 5) is 11.6. The van der Waals surface area contributed by atoms with Gasteiger partial charge in [0.15, 0.2) is 5.76 Å². The van der Waals surface area contributed by atoms with Crippen LogP contribution in [0.25, 0.3) is 11.8 Å². The molecular weight excluding hydrogens is 268 g/mol. The monoisotopic (exact) mass is 282 g/mol. The molecule has 0 saturated carbocycles. The average molecular weight is 282 g/mol. The number of esters is 1. The normalized spacial score (nSPS) is 12.0. The van der Waals surface area contributed by atoms with Gasteiger partial charge in [-0.05, 0) is 11.6 Å². The number of aliphatic hydroxyl groups is 2. The Hall–Kier alpha value is -3.01. The highest BCUT2D eigenvalue weighted by Gasteiger charge is 2.15. The molecule has 0 fully saturated rings. The van der Waals surface area contributed by atoms with Crippen LogP contribution in [-0.2, 0) is 9.53 Å². The molecule has 0 aliphatic heterocycles. The molecule has 0 aliphatic carbocycles. The zero-order valence-corrected chi connectivity index (χ0v) is 11.1. The molecule has 0 heterocycles. The van der Waals surface area contributed by atoms with Gasteiger partial charge in [-0.25, -0.2) is 4.79 Å². The van der Waals surface area contributed by atoms with Crippen LogP contribution in [0.4, 0.5) is 0 Å². The van der Waals surface area contributed by atoms with E-state index in [1.54, 1.807) is 36.4 Å². The highest BCUT2D eigenvalue weighted by Crippen LogP contribution is 2.15. The average Bonchev–Trinajstić information content (AvgIpc) is 2.55. The molecule has 4 heteroatoms. The third kappa shape index (κ3) is 3.98. The number of carbonyl (C=O) groups is 1. The summed E-state index contributed by atoms with van der Waals surface area (Å²) < 4.78 is 4.76. The van der Waals surface area contributed by atoms with Crippen LogP contribution in [0.15, 0.2) is 72.7 Å². The molecule has 2 rings (SSSR count). The Morgan fingerprint density at radius 2 is 1.48 bits per heavy atom. The standard InChI is InChI=1S/C17H14O4/c18-15(14-9-5-2-6-10-14)16(19)17(20)21-12-11-13-7-3-1-4-8-13/h1-12,18-19H. The summed E-state index contributed by atoms with van der Waals surface area (Å²) in [6.07, 6.45) is 2.73. The van der Waals surface area contributed by atoms with Crippen LogP contribution in [0.1, 0.15) is 11.1 Å². The Balaban J connectivity index is 2.05. The van der Waals surface area contributed by atoms with Gasteiger partial charge in [0.1, 0.15) is 0 Å². The summed E-state index contributed by atoms with van der Waals surface area (Å²) in [6.45, 7) is 0. The van der Waals surface area contributed by atoms with Crippen LogP contribution in [0.2, 0.25) is 0 Å². The van der Waals surface area contributed by atoms with Crippen molar-refractivity contribution in [1.82, 2.24) is 0 Å². The van der Waals surface area contributed by atoms with E-state index in [0.29, 0.717) is 5.56 Å². The van der Waals surface area contributed by atoms with E-state index in [2.05, 4.69) is 0 Å². The Morgan fingerprint density at radius 1 is 0.905 bits per heavy atom. The van der Waals surface area contributed by atoms with Crippen molar-refractivity contribution < 1.29 is 19.7 Å². The number of rotatable bonds is 4. The summed E-state index contributed by atoms with van der Waals surface area (Å²) in [7, 11) is 0. The van der Waals surface area contributed by atoms with Crippen LogP contribution in [0, 0.1) is 0 Å². The van der Waals surface area contributed by atoms with E-state index in [1.807, 2.05) is 30.3 Å². The Bertz CT molecular complexity index is 658. The number of ether oxygens (including phenoxy) is 1. The van der Waals surface area contributed by atoms with Gasteiger partial charge in [0.05, 0.1) is 6.26 Å². The van der Waals surface area contributed by atoms with E-state index >= 15 is 0 Å². The van der Waals surface area contributed by atoms with Crippen molar-refractivity contribution in [3.05, 3.63) is 83.8 Å². The first kappa shape index (κ1) is 14.4. The second kappa shape index (κ2) is 6.96. The first-order valence-corrected chi connectivity index (χ1v) is 6.28. The number of carbonyl (C=O) groups excluding carboxylic acids is 1. The fourth-order valence-electron chi connectivity index (χ4n) is 1.62. The molecule has 0 spiro atoms. The Labute approximate surface area is 122 Å². The minimum atomic E-state index is -1.02. The van der Waals surface area contributed by atoms with Crippen LogP contribution >= 0.6 is 0 Å². The molecule has 2 aromatic rings. The van der Waals surface area contributed by atoms with Gasteiger partial charge >= 0.3 is 5.97 Å². The molecule has 21 heavy (non-hydrogen) atoms. The maximum absolute atomic E-state index is 11.6. The van der Waals surface area contributed by atoms with Crippen molar-refractivity contribution in [2.24, 2.45) is 0 Å². The summed E-state index contributed by atoms with van der Waals surface area (Å²) >= 11 is 0. The van der Waals surface area contributed by atoms with E-state index in [-0.39, 0.29) is 0 Å². The van der Waals surface area contributed by atoms with E-state index < -0.39 is 17.5 Å². The van der Waals surface area contributed by atoms with Crippen molar-refractivity contribution >= 4 is 17.8 Å². The van der Waals surface area contributed by atoms with Gasteiger partial charge in [0, 0.05) is 5.56 Å². The SMILES string of the molecule is O=C(OC=Cc1ccccc1)C(O)=C(O)c1ccccc1. The molecule has 4 nitrogen and oxygen atoms in total. The molecular formula is C17H14O4. The predicted molar refractivity (Wildman–Crippen MR) is 80.2 cm³/mol. The molecule has 2 N–H and O–H groups in total. The van der Waals surface area contributed by atoms with Gasteiger partial charge in [0.25, 0.3) is 0 Å². The van der Waals surface area contributed by atoms with Crippen molar-refractivity contribution in [1.29, 1.82) is 0 Å². The zero-order chi connectivity index (χ0) is 15.1. The van der Waals surface area contributed by atoms with Gasteiger partial charge in [-0.15, -0.1) is 0 Å². The topological polar surface area (TPSA) is 66.8 Å². The lowest BCUT2D eigenvalue weighted by molar-refractivity contribution is -0.136. The number of benzene rings is 2. The van der Waals surface area contributed by atoms with E-state index in [0.717, 1.165) is 11.8 Å². The zero-order valence-electron chi connectivity index (χ0n) is 11.1. The second-order valence-electron chi connectivity index (χ2n) is 4.18. The van der Waals surface area contributed by atoms with Gasteiger partial charge in [-0.2, -0.15) is 0 Å². The summed E-state index contributed by atoms with van der Waals surface area (Å²) in [5.41, 5.74) is 1.18. The lowest BCUT2D eigenvalue weighted by Gasteiger charge is -2.03. The molecule has 106 valence electrons. The fourth-order valence-corrected chi connectivity index (χ4v) is 1.62.